The summed E-state index contributed by atoms with van der Waals surface area (Å²) in [5.41, 5.74) is 2.03. The van der Waals surface area contributed by atoms with Crippen LogP contribution in [-0.2, 0) is 0 Å². The fraction of sp³-hybridized carbons (Fsp3) is 0. The molecule has 4 aromatic rings. The summed E-state index contributed by atoms with van der Waals surface area (Å²) in [4.78, 5) is 39.4. The number of aromatic amines is 2. The third-order valence-electron chi connectivity index (χ3n) is 3.76. The minimum atomic E-state index is -1.07. The van der Waals surface area contributed by atoms with Crippen LogP contribution in [-0.4, -0.2) is 41.1 Å². The zero-order valence-electron chi connectivity index (χ0n) is 14.1. The number of carboxylic acids is 1. The monoisotopic (exact) mass is 379 g/mol. The van der Waals surface area contributed by atoms with Crippen LogP contribution in [0.15, 0.2) is 47.3 Å². The van der Waals surface area contributed by atoms with Crippen LogP contribution in [0.2, 0.25) is 0 Å². The minimum Gasteiger partial charge on any atom is -0.479 e. The molecule has 0 bridgehead atoms. The molecule has 0 aliphatic rings. The van der Waals surface area contributed by atoms with Gasteiger partial charge < -0.3 is 30.8 Å². The minimum absolute atomic E-state index is 0.0219. The normalized spacial score (nSPS) is 10.7. The zero-order chi connectivity index (χ0) is 19.7. The van der Waals surface area contributed by atoms with Gasteiger partial charge in [0.25, 0.3) is 0 Å². The number of nitrogens with one attached hydrogen (secondary N) is 4. The maximum Gasteiger partial charge on any atom is 0.335 e. The molecule has 28 heavy (non-hydrogen) atoms. The van der Waals surface area contributed by atoms with Crippen molar-refractivity contribution in [3.8, 4) is 6.01 Å². The van der Waals surface area contributed by atoms with E-state index < -0.39 is 12.0 Å². The van der Waals surface area contributed by atoms with Gasteiger partial charge in [-0.25, -0.2) is 9.59 Å². The topological polar surface area (TPSA) is 169 Å². The first kappa shape index (κ1) is 17.0. The number of fused-ring (bicyclic) bond motifs is 1. The molecule has 0 amide bonds. The number of aromatic nitrogens is 5. The second-order valence-corrected chi connectivity index (χ2v) is 5.76. The molecule has 2 heterocycles. The van der Waals surface area contributed by atoms with E-state index in [1.807, 2.05) is 0 Å². The molecule has 4 rings (SSSR count). The van der Waals surface area contributed by atoms with Crippen LogP contribution in [0.5, 0.6) is 6.01 Å². The van der Waals surface area contributed by atoms with Crippen molar-refractivity contribution in [3.05, 3.63) is 58.5 Å². The fourth-order valence-electron chi connectivity index (χ4n) is 2.58. The average Bonchev–Trinajstić information content (AvgIpc) is 3.00. The molecule has 0 atom stereocenters. The van der Waals surface area contributed by atoms with E-state index in [1.54, 1.807) is 30.3 Å². The first-order valence-corrected chi connectivity index (χ1v) is 8.01. The molecule has 0 saturated heterocycles. The Labute approximate surface area is 156 Å². The summed E-state index contributed by atoms with van der Waals surface area (Å²) in [7, 11) is 0. The summed E-state index contributed by atoms with van der Waals surface area (Å²) in [5, 5.41) is 24.6. The van der Waals surface area contributed by atoms with Gasteiger partial charge in [0, 0.05) is 11.4 Å². The summed E-state index contributed by atoms with van der Waals surface area (Å²) < 4.78 is 0. The molecule has 140 valence electrons. The van der Waals surface area contributed by atoms with Crippen LogP contribution in [0.4, 0.5) is 23.3 Å². The number of H-pyrrole nitrogens is 2. The third-order valence-corrected chi connectivity index (χ3v) is 3.76. The van der Waals surface area contributed by atoms with E-state index in [9.17, 15) is 14.7 Å². The van der Waals surface area contributed by atoms with E-state index in [0.717, 1.165) is 0 Å². The number of nitrogens with zero attached hydrogens (tertiary/aromatic N) is 3. The van der Waals surface area contributed by atoms with Gasteiger partial charge >= 0.3 is 17.7 Å². The first-order chi connectivity index (χ1) is 13.5. The van der Waals surface area contributed by atoms with Crippen molar-refractivity contribution in [3.63, 3.8) is 0 Å². The predicted octanol–water partition coefficient (Wildman–Crippen LogP) is 1.93. The van der Waals surface area contributed by atoms with Gasteiger partial charge in [-0.1, -0.05) is 6.07 Å². The Balaban J connectivity index is 1.60. The molecule has 0 fully saturated rings. The first-order valence-electron chi connectivity index (χ1n) is 8.01. The molecule has 2 aromatic heterocycles. The molecule has 11 nitrogen and oxygen atoms in total. The Morgan fingerprint density at radius 1 is 0.893 bits per heavy atom. The molecule has 0 spiro atoms. The Kier molecular flexibility index (Phi) is 4.09. The molecule has 0 aliphatic carbocycles. The van der Waals surface area contributed by atoms with E-state index in [4.69, 9.17) is 5.11 Å². The number of carbonyl (C=O) groups is 1. The lowest BCUT2D eigenvalue weighted by Gasteiger charge is -2.09. The summed E-state index contributed by atoms with van der Waals surface area (Å²) in [6.07, 6.45) is 0. The number of carboxylic acid groups (broad SMARTS) is 1. The smallest absolute Gasteiger partial charge is 0.335 e. The Morgan fingerprint density at radius 3 is 2.29 bits per heavy atom. The Hall–Kier alpha value is -4.41. The number of imidazole rings is 1. The molecule has 0 unspecified atom stereocenters. The van der Waals surface area contributed by atoms with Crippen LogP contribution < -0.4 is 16.3 Å². The van der Waals surface area contributed by atoms with Crippen molar-refractivity contribution >= 4 is 40.3 Å². The zero-order valence-corrected chi connectivity index (χ0v) is 14.1. The molecule has 6 N–H and O–H groups in total. The van der Waals surface area contributed by atoms with Gasteiger partial charge in [-0.05, 0) is 36.4 Å². The van der Waals surface area contributed by atoms with Crippen molar-refractivity contribution in [2.24, 2.45) is 0 Å². The molecule has 0 saturated carbocycles. The van der Waals surface area contributed by atoms with Crippen molar-refractivity contribution in [1.29, 1.82) is 0 Å². The summed E-state index contributed by atoms with van der Waals surface area (Å²) >= 11 is 0. The van der Waals surface area contributed by atoms with E-state index >= 15 is 0 Å². The van der Waals surface area contributed by atoms with Crippen LogP contribution in [0.3, 0.4) is 0 Å². The quantitative estimate of drug-likeness (QED) is 0.303. The lowest BCUT2D eigenvalue weighted by molar-refractivity contribution is 0.0697. The van der Waals surface area contributed by atoms with Crippen molar-refractivity contribution in [1.82, 2.24) is 24.9 Å². The predicted molar refractivity (Wildman–Crippen MR) is 100 cm³/mol. The second kappa shape index (κ2) is 6.72. The lowest BCUT2D eigenvalue weighted by Crippen LogP contribution is -2.04. The van der Waals surface area contributed by atoms with Gasteiger partial charge in [0.2, 0.25) is 11.9 Å². The highest BCUT2D eigenvalue weighted by Gasteiger charge is 2.09. The summed E-state index contributed by atoms with van der Waals surface area (Å²) in [6.45, 7) is 0. The standard InChI is InChI=1S/C17H13N7O4/c25-13(26)8-2-1-3-9(6-8)18-14-22-15(24-17(28)23-14)19-10-4-5-11-12(7-10)21-16(27)20-11/h1-7H,(H,25,26)(H2,20,21,27)(H3,18,19,22,23,24,28). The van der Waals surface area contributed by atoms with Gasteiger partial charge in [0.05, 0.1) is 16.6 Å². The third kappa shape index (κ3) is 3.58. The van der Waals surface area contributed by atoms with E-state index in [1.165, 1.54) is 12.1 Å². The van der Waals surface area contributed by atoms with Gasteiger partial charge in [0.1, 0.15) is 0 Å². The Morgan fingerprint density at radius 2 is 1.57 bits per heavy atom. The summed E-state index contributed by atoms with van der Waals surface area (Å²) in [5.74, 6) is -0.988. The molecule has 11 heteroatoms. The van der Waals surface area contributed by atoms with Crippen LogP contribution >= 0.6 is 0 Å². The van der Waals surface area contributed by atoms with Gasteiger partial charge in [-0.2, -0.15) is 15.0 Å². The lowest BCUT2D eigenvalue weighted by atomic mass is 10.2. The van der Waals surface area contributed by atoms with Crippen molar-refractivity contribution in [2.45, 2.75) is 0 Å². The molecule has 0 aliphatic heterocycles. The van der Waals surface area contributed by atoms with E-state index in [2.05, 4.69) is 35.6 Å². The van der Waals surface area contributed by atoms with Crippen molar-refractivity contribution in [2.75, 3.05) is 10.6 Å². The average molecular weight is 379 g/mol. The van der Waals surface area contributed by atoms with Crippen LogP contribution in [0, 0.1) is 0 Å². The SMILES string of the molecule is O=C(O)c1cccc(Nc2nc(O)nc(Nc3ccc4[nH]c(=O)[nH]c4c3)n2)c1. The van der Waals surface area contributed by atoms with Gasteiger partial charge in [-0.15, -0.1) is 0 Å². The number of benzene rings is 2. The van der Waals surface area contributed by atoms with E-state index in [0.29, 0.717) is 22.4 Å². The number of aromatic hydroxyl groups is 1. The molecular formula is C17H13N7O4. The van der Waals surface area contributed by atoms with E-state index in [-0.39, 0.29) is 23.1 Å². The summed E-state index contributed by atoms with van der Waals surface area (Å²) in [6, 6.07) is 10.6. The highest BCUT2D eigenvalue weighted by atomic mass is 16.4. The highest BCUT2D eigenvalue weighted by Crippen LogP contribution is 2.21. The van der Waals surface area contributed by atoms with Crippen LogP contribution in [0.1, 0.15) is 10.4 Å². The second-order valence-electron chi connectivity index (χ2n) is 5.76. The maximum atomic E-state index is 11.3. The number of hydrogen-bond donors (Lipinski definition) is 6. The number of anilines is 4. The van der Waals surface area contributed by atoms with Crippen molar-refractivity contribution < 1.29 is 15.0 Å². The van der Waals surface area contributed by atoms with Crippen LogP contribution in [0.25, 0.3) is 11.0 Å². The molecule has 2 aromatic carbocycles. The Bertz CT molecular complexity index is 1250. The van der Waals surface area contributed by atoms with Gasteiger partial charge in [0.15, 0.2) is 0 Å². The fourth-order valence-corrected chi connectivity index (χ4v) is 2.58. The van der Waals surface area contributed by atoms with Gasteiger partial charge in [-0.3, -0.25) is 0 Å². The number of rotatable bonds is 5. The molecular weight excluding hydrogens is 366 g/mol. The molecule has 0 radical (unpaired) electrons. The number of hydrogen-bond acceptors (Lipinski definition) is 8. The maximum absolute atomic E-state index is 11.3. The largest absolute Gasteiger partial charge is 0.479 e. The highest BCUT2D eigenvalue weighted by molar-refractivity contribution is 5.89. The number of aromatic carboxylic acids is 1.